The van der Waals surface area contributed by atoms with E-state index >= 15 is 0 Å². The number of sulfonamides is 1. The number of nitrogens with one attached hydrogen (secondary N) is 2. The van der Waals surface area contributed by atoms with Crippen LogP contribution in [-0.2, 0) is 21.3 Å². The van der Waals surface area contributed by atoms with Crippen molar-refractivity contribution in [1.29, 1.82) is 0 Å². The van der Waals surface area contributed by atoms with Crippen molar-refractivity contribution in [1.82, 2.24) is 10.2 Å². The molecule has 0 aliphatic rings. The molecule has 11 heteroatoms. The molecule has 44 heavy (non-hydrogen) atoms. The van der Waals surface area contributed by atoms with Gasteiger partial charge in [-0.1, -0.05) is 23.2 Å². The van der Waals surface area contributed by atoms with Crippen molar-refractivity contribution in [2.45, 2.75) is 78.9 Å². The van der Waals surface area contributed by atoms with Gasteiger partial charge in [0.15, 0.2) is 0 Å². The number of hydrogen-bond donors (Lipinski definition) is 2. The first-order valence-electron chi connectivity index (χ1n) is 14.3. The van der Waals surface area contributed by atoms with Crippen LogP contribution in [0, 0.1) is 34.6 Å². The highest BCUT2D eigenvalue weighted by atomic mass is 35.5. The molecule has 0 fully saturated rings. The highest BCUT2D eigenvalue weighted by Gasteiger charge is 2.24. The van der Waals surface area contributed by atoms with Crippen LogP contribution in [0.15, 0.2) is 47.4 Å². The predicted molar refractivity (Wildman–Crippen MR) is 177 cm³/mol. The third-order valence-corrected chi connectivity index (χ3v) is 9.53. The third-order valence-electron chi connectivity index (χ3n) is 7.44. The number of carbonyl (C=O) groups is 2. The van der Waals surface area contributed by atoms with Gasteiger partial charge < -0.3 is 15.0 Å². The summed E-state index contributed by atoms with van der Waals surface area (Å²) in [6.07, 6.45) is -0.0676. The maximum Gasteiger partial charge on any atom is 0.407 e. The van der Waals surface area contributed by atoms with Crippen molar-refractivity contribution in [3.05, 3.63) is 91.5 Å². The van der Waals surface area contributed by atoms with Gasteiger partial charge in [-0.05, 0) is 138 Å². The molecule has 0 saturated heterocycles. The second-order valence-corrected chi connectivity index (χ2v) is 14.4. The van der Waals surface area contributed by atoms with Crippen molar-refractivity contribution >= 4 is 50.9 Å². The molecule has 0 aromatic heterocycles. The molecule has 0 saturated carbocycles. The van der Waals surface area contributed by atoms with Crippen LogP contribution < -0.4 is 10.0 Å². The highest BCUT2D eigenvalue weighted by molar-refractivity contribution is 7.92. The summed E-state index contributed by atoms with van der Waals surface area (Å²) < 4.78 is 34.9. The van der Waals surface area contributed by atoms with Crippen molar-refractivity contribution in [3.63, 3.8) is 0 Å². The van der Waals surface area contributed by atoms with Crippen LogP contribution in [0.5, 0.6) is 0 Å². The van der Waals surface area contributed by atoms with Crippen molar-refractivity contribution in [3.8, 4) is 0 Å². The van der Waals surface area contributed by atoms with Gasteiger partial charge in [0.25, 0.3) is 15.9 Å². The van der Waals surface area contributed by atoms with Crippen LogP contribution in [0.3, 0.4) is 0 Å². The van der Waals surface area contributed by atoms with Gasteiger partial charge in [0.1, 0.15) is 5.60 Å². The first-order chi connectivity index (χ1) is 20.4. The van der Waals surface area contributed by atoms with Gasteiger partial charge in [0.2, 0.25) is 0 Å². The second-order valence-electron chi connectivity index (χ2n) is 11.9. The second kappa shape index (κ2) is 14.2. The van der Waals surface area contributed by atoms with E-state index in [0.717, 1.165) is 22.3 Å². The summed E-state index contributed by atoms with van der Waals surface area (Å²) in [5, 5.41) is 3.61. The maximum absolute atomic E-state index is 13.7. The van der Waals surface area contributed by atoms with E-state index in [9.17, 15) is 18.0 Å². The molecule has 0 radical (unpaired) electrons. The van der Waals surface area contributed by atoms with E-state index in [-0.39, 0.29) is 17.3 Å². The molecule has 8 nitrogen and oxygen atoms in total. The third kappa shape index (κ3) is 9.13. The van der Waals surface area contributed by atoms with Crippen molar-refractivity contribution < 1.29 is 22.7 Å². The molecule has 3 aromatic rings. The van der Waals surface area contributed by atoms with E-state index in [0.29, 0.717) is 51.9 Å². The summed E-state index contributed by atoms with van der Waals surface area (Å²) in [5.74, 6) is -0.274. The number of amides is 2. The normalized spacial score (nSPS) is 11.7. The number of anilines is 1. The zero-order valence-electron chi connectivity index (χ0n) is 26.5. The lowest BCUT2D eigenvalue weighted by atomic mass is 9.95. The minimum Gasteiger partial charge on any atom is -0.444 e. The maximum atomic E-state index is 13.7. The number of rotatable bonds is 10. The predicted octanol–water partition coefficient (Wildman–Crippen LogP) is 7.89. The van der Waals surface area contributed by atoms with Crippen LogP contribution >= 0.6 is 23.2 Å². The van der Waals surface area contributed by atoms with Crippen LogP contribution in [0.4, 0.5) is 10.5 Å². The Morgan fingerprint density at radius 2 is 1.36 bits per heavy atom. The molecular weight excluding hydrogens is 621 g/mol. The number of halogens is 2. The van der Waals surface area contributed by atoms with Crippen molar-refractivity contribution in [2.75, 3.05) is 17.8 Å². The Balaban J connectivity index is 1.80. The van der Waals surface area contributed by atoms with Crippen LogP contribution in [-0.4, -0.2) is 44.0 Å². The minimum atomic E-state index is -3.88. The number of hydrogen-bond acceptors (Lipinski definition) is 5. The molecule has 0 bridgehead atoms. The lowest BCUT2D eigenvalue weighted by Crippen LogP contribution is -2.36. The van der Waals surface area contributed by atoms with E-state index in [1.807, 2.05) is 34.6 Å². The fraction of sp³-hybridized carbons (Fsp3) is 0.394. The largest absolute Gasteiger partial charge is 0.444 e. The van der Waals surface area contributed by atoms with Crippen LogP contribution in [0.1, 0.15) is 70.9 Å². The standard InChI is InChI=1S/C33H41Cl2N3O5S/c1-20-21(2)23(4)30(24(5)22(20)3)44(41,42)37-29-12-10-26(11-13-29)31(39)38(19-25-16-27(34)18-28(35)17-25)15-9-14-36-32(40)43-33(6,7)8/h10-13,16-18,37H,9,14-15,19H2,1-8H3,(H,36,40). The average Bonchev–Trinajstić information content (AvgIpc) is 2.90. The monoisotopic (exact) mass is 661 g/mol. The topological polar surface area (TPSA) is 105 Å². The van der Waals surface area contributed by atoms with E-state index in [4.69, 9.17) is 27.9 Å². The smallest absolute Gasteiger partial charge is 0.407 e. The molecule has 0 aliphatic heterocycles. The van der Waals surface area contributed by atoms with Gasteiger partial charge in [-0.25, -0.2) is 13.2 Å². The van der Waals surface area contributed by atoms with Gasteiger partial charge in [0, 0.05) is 40.9 Å². The zero-order chi connectivity index (χ0) is 33.0. The van der Waals surface area contributed by atoms with Gasteiger partial charge in [-0.15, -0.1) is 0 Å². The number of nitrogens with zero attached hydrogens (tertiary/aromatic N) is 1. The van der Waals surface area contributed by atoms with E-state index in [1.165, 1.54) is 0 Å². The van der Waals surface area contributed by atoms with Crippen LogP contribution in [0.2, 0.25) is 10.0 Å². The molecule has 3 aromatic carbocycles. The number of carbonyl (C=O) groups excluding carboxylic acids is 2. The summed E-state index contributed by atoms with van der Waals surface area (Å²) >= 11 is 12.4. The first-order valence-corrected chi connectivity index (χ1v) is 16.5. The first kappa shape index (κ1) is 35.2. The van der Waals surface area contributed by atoms with Gasteiger partial charge in [0.05, 0.1) is 4.90 Å². The highest BCUT2D eigenvalue weighted by Crippen LogP contribution is 2.31. The molecule has 0 aliphatic carbocycles. The SMILES string of the molecule is Cc1c(C)c(C)c(S(=O)(=O)Nc2ccc(C(=O)N(CCCNC(=O)OC(C)(C)C)Cc3cc(Cl)cc(Cl)c3)cc2)c(C)c1C. The molecule has 2 N–H and O–H groups in total. The quantitative estimate of drug-likeness (QED) is 0.215. The molecule has 0 unspecified atom stereocenters. The van der Waals surface area contributed by atoms with Gasteiger partial charge in [-0.3, -0.25) is 9.52 Å². The van der Waals surface area contributed by atoms with Crippen LogP contribution in [0.25, 0.3) is 0 Å². The fourth-order valence-electron chi connectivity index (χ4n) is 4.89. The summed E-state index contributed by atoms with van der Waals surface area (Å²) in [6.45, 7) is 15.7. The Bertz CT molecular complexity index is 1600. The Kier molecular flexibility index (Phi) is 11.4. The summed E-state index contributed by atoms with van der Waals surface area (Å²) in [6, 6.07) is 11.4. The van der Waals surface area contributed by atoms with Crippen molar-refractivity contribution in [2.24, 2.45) is 0 Å². The van der Waals surface area contributed by atoms with Gasteiger partial charge in [-0.2, -0.15) is 0 Å². The Labute approximate surface area is 271 Å². The zero-order valence-corrected chi connectivity index (χ0v) is 28.9. The van der Waals surface area contributed by atoms with Gasteiger partial charge >= 0.3 is 6.09 Å². The molecule has 3 rings (SSSR count). The molecule has 238 valence electrons. The van der Waals surface area contributed by atoms with E-state index in [1.54, 1.807) is 68.1 Å². The lowest BCUT2D eigenvalue weighted by Gasteiger charge is -2.24. The average molecular weight is 663 g/mol. The Morgan fingerprint density at radius 1 is 0.841 bits per heavy atom. The lowest BCUT2D eigenvalue weighted by molar-refractivity contribution is 0.0525. The fourth-order valence-corrected chi connectivity index (χ4v) is 7.12. The Hall–Kier alpha value is -3.27. The summed E-state index contributed by atoms with van der Waals surface area (Å²) in [5.41, 5.74) is 5.22. The van der Waals surface area contributed by atoms with E-state index in [2.05, 4.69) is 10.0 Å². The Morgan fingerprint density at radius 3 is 1.89 bits per heavy atom. The minimum absolute atomic E-state index is 0.227. The number of benzene rings is 3. The summed E-state index contributed by atoms with van der Waals surface area (Å²) in [4.78, 5) is 27.6. The number of ether oxygens (including phenoxy) is 1. The number of alkyl carbamates (subject to hydrolysis) is 1. The van der Waals surface area contributed by atoms with E-state index < -0.39 is 21.7 Å². The molecule has 0 atom stereocenters. The molecule has 0 spiro atoms. The molecule has 0 heterocycles. The molecular formula is C33H41Cl2N3O5S. The molecule has 2 amide bonds. The summed E-state index contributed by atoms with van der Waals surface area (Å²) in [7, 11) is -3.88.